The number of carbonyl (C=O) groups excluding carboxylic acids is 2. The van der Waals surface area contributed by atoms with Crippen LogP contribution >= 0.6 is 15.9 Å². The molecule has 2 atom stereocenters. The number of aromatic nitrogens is 2. The fourth-order valence-electron chi connectivity index (χ4n) is 6.12. The summed E-state index contributed by atoms with van der Waals surface area (Å²) in [6.45, 7) is 1.24. The molecule has 1 amide bonds. The van der Waals surface area contributed by atoms with Crippen LogP contribution in [0.5, 0.6) is 0 Å². The minimum absolute atomic E-state index is 0.0954. The van der Waals surface area contributed by atoms with Gasteiger partial charge in [-0.3, -0.25) is 14.4 Å². The van der Waals surface area contributed by atoms with Crippen molar-refractivity contribution < 1.29 is 24.2 Å². The summed E-state index contributed by atoms with van der Waals surface area (Å²) in [6, 6.07) is 2.55. The molecule has 2 aliphatic carbocycles. The summed E-state index contributed by atoms with van der Waals surface area (Å²) >= 11 is 3.36. The summed E-state index contributed by atoms with van der Waals surface area (Å²) in [5.74, 6) is -1.30. The van der Waals surface area contributed by atoms with Crippen LogP contribution in [0.1, 0.15) is 60.0 Å². The molecular formula is C26H23BrFN3O5. The molecule has 0 saturated carbocycles. The third-order valence-electron chi connectivity index (χ3n) is 7.90. The SMILES string of the molecule is CC[C@@]1(O)C(=O)CCc2c1cc1n(c2=O)Cc2c-1nc1cc(F)c(Br)c3c1c2[C@@H](NC(=O)CO)CC3. The summed E-state index contributed by atoms with van der Waals surface area (Å²) in [5.41, 5.74) is 2.26. The maximum atomic E-state index is 14.8. The van der Waals surface area contributed by atoms with Crippen molar-refractivity contribution in [3.63, 3.8) is 0 Å². The smallest absolute Gasteiger partial charge is 0.254 e. The lowest BCUT2D eigenvalue weighted by Gasteiger charge is -2.32. The minimum Gasteiger partial charge on any atom is -0.387 e. The largest absolute Gasteiger partial charge is 0.387 e. The van der Waals surface area contributed by atoms with Crippen LogP contribution in [0.4, 0.5) is 4.39 Å². The second kappa shape index (κ2) is 8.03. The van der Waals surface area contributed by atoms with Gasteiger partial charge in [-0.25, -0.2) is 9.37 Å². The molecule has 3 N–H and O–H groups in total. The zero-order valence-corrected chi connectivity index (χ0v) is 21.0. The Kier molecular flexibility index (Phi) is 5.23. The third-order valence-corrected chi connectivity index (χ3v) is 8.76. The van der Waals surface area contributed by atoms with Gasteiger partial charge in [0.1, 0.15) is 18.0 Å². The first-order chi connectivity index (χ1) is 17.2. The molecule has 3 heterocycles. The van der Waals surface area contributed by atoms with Gasteiger partial charge in [-0.15, -0.1) is 0 Å². The Bertz CT molecular complexity index is 1580. The van der Waals surface area contributed by atoms with Crippen molar-refractivity contribution in [2.75, 3.05) is 6.61 Å². The second-order valence-electron chi connectivity index (χ2n) is 9.66. The molecule has 10 heteroatoms. The van der Waals surface area contributed by atoms with Gasteiger partial charge in [0, 0.05) is 34.6 Å². The normalized spacial score (nSPS) is 21.8. The van der Waals surface area contributed by atoms with Crippen LogP contribution in [-0.4, -0.2) is 38.1 Å². The number of aryl methyl sites for hydroxylation is 1. The van der Waals surface area contributed by atoms with E-state index >= 15 is 0 Å². The summed E-state index contributed by atoms with van der Waals surface area (Å²) in [7, 11) is 0. The number of nitrogens with zero attached hydrogens (tertiary/aromatic N) is 2. The number of carbonyl (C=O) groups is 2. The summed E-state index contributed by atoms with van der Waals surface area (Å²) < 4.78 is 16.8. The van der Waals surface area contributed by atoms with Crippen molar-refractivity contribution in [1.82, 2.24) is 14.9 Å². The average molecular weight is 556 g/mol. The van der Waals surface area contributed by atoms with Gasteiger partial charge in [0.05, 0.1) is 34.0 Å². The topological polar surface area (TPSA) is 122 Å². The first kappa shape index (κ1) is 23.4. The number of benzene rings is 1. The Labute approximate surface area is 213 Å². The van der Waals surface area contributed by atoms with E-state index in [2.05, 4.69) is 21.2 Å². The number of hydrogen-bond acceptors (Lipinski definition) is 6. The van der Waals surface area contributed by atoms with Gasteiger partial charge in [0.15, 0.2) is 5.78 Å². The molecule has 0 fully saturated rings. The highest BCUT2D eigenvalue weighted by molar-refractivity contribution is 9.10. The van der Waals surface area contributed by atoms with Gasteiger partial charge in [0.25, 0.3) is 5.56 Å². The lowest BCUT2D eigenvalue weighted by molar-refractivity contribution is -0.140. The predicted octanol–water partition coefficient (Wildman–Crippen LogP) is 2.54. The van der Waals surface area contributed by atoms with Gasteiger partial charge >= 0.3 is 0 Å². The van der Waals surface area contributed by atoms with E-state index in [0.29, 0.717) is 45.3 Å². The number of Topliss-reactive ketones (excluding diaryl/α,β-unsaturated/α-hetero) is 1. The van der Waals surface area contributed by atoms with Crippen molar-refractivity contribution in [2.24, 2.45) is 0 Å². The average Bonchev–Trinajstić information content (AvgIpc) is 3.24. The number of rotatable bonds is 3. The molecule has 0 bridgehead atoms. The van der Waals surface area contributed by atoms with Crippen molar-refractivity contribution in [3.8, 4) is 11.4 Å². The van der Waals surface area contributed by atoms with Gasteiger partial charge in [0.2, 0.25) is 5.91 Å². The van der Waals surface area contributed by atoms with Crippen LogP contribution in [0.15, 0.2) is 21.4 Å². The van der Waals surface area contributed by atoms with Gasteiger partial charge in [-0.1, -0.05) is 6.92 Å². The number of fused-ring (bicyclic) bond motifs is 5. The maximum Gasteiger partial charge on any atom is 0.254 e. The van der Waals surface area contributed by atoms with E-state index in [4.69, 9.17) is 4.98 Å². The number of ketones is 1. The van der Waals surface area contributed by atoms with E-state index in [9.17, 15) is 29.0 Å². The molecule has 186 valence electrons. The van der Waals surface area contributed by atoms with Crippen molar-refractivity contribution in [3.05, 3.63) is 60.6 Å². The highest BCUT2D eigenvalue weighted by Crippen LogP contribution is 2.46. The Morgan fingerprint density at radius 3 is 2.75 bits per heavy atom. The van der Waals surface area contributed by atoms with Crippen molar-refractivity contribution in [1.29, 1.82) is 0 Å². The first-order valence-corrected chi connectivity index (χ1v) is 12.8. The minimum atomic E-state index is -1.74. The van der Waals surface area contributed by atoms with Crippen LogP contribution in [0, 0.1) is 5.82 Å². The zero-order chi connectivity index (χ0) is 25.5. The molecule has 3 aromatic rings. The molecule has 2 aromatic heterocycles. The van der Waals surface area contributed by atoms with E-state index in [1.807, 2.05) is 0 Å². The lowest BCUT2D eigenvalue weighted by atomic mass is 9.77. The second-order valence-corrected chi connectivity index (χ2v) is 10.5. The highest BCUT2D eigenvalue weighted by Gasteiger charge is 2.43. The molecule has 36 heavy (non-hydrogen) atoms. The third kappa shape index (κ3) is 3.04. The molecule has 3 aliphatic rings. The molecule has 0 saturated heterocycles. The quantitative estimate of drug-likeness (QED) is 0.357. The Balaban J connectivity index is 1.66. The highest BCUT2D eigenvalue weighted by atomic mass is 79.9. The predicted molar refractivity (Wildman–Crippen MR) is 132 cm³/mol. The Morgan fingerprint density at radius 2 is 2.03 bits per heavy atom. The van der Waals surface area contributed by atoms with Crippen molar-refractivity contribution >= 4 is 38.5 Å². The van der Waals surface area contributed by atoms with Crippen molar-refractivity contribution in [2.45, 2.75) is 57.2 Å². The van der Waals surface area contributed by atoms with E-state index in [-0.39, 0.29) is 37.1 Å². The number of halogens is 2. The number of aliphatic hydroxyl groups excluding tert-OH is 1. The molecule has 1 aliphatic heterocycles. The number of aliphatic hydroxyl groups is 2. The molecular weight excluding hydrogens is 533 g/mol. The monoisotopic (exact) mass is 555 g/mol. The van der Waals surface area contributed by atoms with Gasteiger partial charge in [-0.05, 0) is 58.8 Å². The van der Waals surface area contributed by atoms with E-state index < -0.39 is 30.0 Å². The van der Waals surface area contributed by atoms with Crippen LogP contribution in [0.25, 0.3) is 22.3 Å². The molecule has 0 unspecified atom stereocenters. The standard InChI is InChI=1S/C26H23BrFN3O5/c1-2-26(36)14-7-18-24-13(9-31(18)25(35)11(14)4-6-19(26)33)22-16(29-20(34)10-32)5-3-12-21(22)17(30-24)8-15(28)23(12)27/h7-8,16,32,36H,2-6,9-10H2,1H3,(H,29,34)/t16-,26-/m0/s1. The lowest BCUT2D eigenvalue weighted by Crippen LogP contribution is -2.43. The number of pyridine rings is 2. The molecule has 6 rings (SSSR count). The zero-order valence-electron chi connectivity index (χ0n) is 19.5. The fourth-order valence-corrected chi connectivity index (χ4v) is 6.63. The Hall–Kier alpha value is -2.95. The van der Waals surface area contributed by atoms with Crippen LogP contribution in [-0.2, 0) is 34.6 Å². The van der Waals surface area contributed by atoms with Gasteiger partial charge < -0.3 is 20.1 Å². The van der Waals surface area contributed by atoms with E-state index in [1.54, 1.807) is 17.6 Å². The number of amides is 1. The van der Waals surface area contributed by atoms with E-state index in [0.717, 1.165) is 22.1 Å². The van der Waals surface area contributed by atoms with E-state index in [1.165, 1.54) is 6.07 Å². The summed E-state index contributed by atoms with van der Waals surface area (Å²) in [6.07, 6.45) is 1.47. The first-order valence-electron chi connectivity index (χ1n) is 12.0. The molecule has 8 nitrogen and oxygen atoms in total. The maximum absolute atomic E-state index is 14.8. The Morgan fingerprint density at radius 1 is 1.25 bits per heavy atom. The van der Waals surface area contributed by atoms with Crippen LogP contribution in [0.3, 0.4) is 0 Å². The number of nitrogens with one attached hydrogen (secondary N) is 1. The molecule has 1 aromatic carbocycles. The number of hydrogen-bond donors (Lipinski definition) is 3. The molecule has 0 spiro atoms. The molecule has 0 radical (unpaired) electrons. The summed E-state index contributed by atoms with van der Waals surface area (Å²) in [4.78, 5) is 43.2. The van der Waals surface area contributed by atoms with Crippen LogP contribution < -0.4 is 10.9 Å². The van der Waals surface area contributed by atoms with Crippen LogP contribution in [0.2, 0.25) is 0 Å². The van der Waals surface area contributed by atoms with Gasteiger partial charge in [-0.2, -0.15) is 0 Å². The summed E-state index contributed by atoms with van der Waals surface area (Å²) in [5, 5.41) is 24.1. The fraction of sp³-hybridized carbons (Fsp3) is 0.385.